The molecule has 2 saturated carbocycles. The molecule has 0 unspecified atom stereocenters. The minimum absolute atomic E-state index is 0.0930. The Morgan fingerprint density at radius 1 is 0.697 bits per heavy atom. The van der Waals surface area contributed by atoms with Gasteiger partial charge in [-0.2, -0.15) is 8.78 Å². The molecule has 2 saturated heterocycles. The first-order valence-corrected chi connectivity index (χ1v) is 13.3. The SMILES string of the molecule is CCCC=CC1OCC(C2OCC(C3CCC(C4CCC(C=C(F)F)CC4)CC3)CO2)CO1. The molecule has 0 spiro atoms. The lowest BCUT2D eigenvalue weighted by atomic mass is 9.67. The summed E-state index contributed by atoms with van der Waals surface area (Å²) in [4.78, 5) is 0. The van der Waals surface area contributed by atoms with Gasteiger partial charge in [-0.3, -0.25) is 0 Å². The van der Waals surface area contributed by atoms with Crippen molar-refractivity contribution in [3.8, 4) is 0 Å². The highest BCUT2D eigenvalue weighted by Gasteiger charge is 2.38. The number of halogens is 2. The fraction of sp³-hybridized carbons (Fsp3) is 0.852. The second kappa shape index (κ2) is 12.8. The van der Waals surface area contributed by atoms with E-state index in [-0.39, 0.29) is 24.4 Å². The second-order valence-corrected chi connectivity index (χ2v) is 10.6. The molecular weight excluding hydrogens is 426 g/mol. The molecule has 4 rings (SSSR count). The smallest absolute Gasteiger partial charge is 0.266 e. The average molecular weight is 469 g/mol. The molecule has 4 nitrogen and oxygen atoms in total. The van der Waals surface area contributed by atoms with Crippen molar-refractivity contribution in [1.29, 1.82) is 0 Å². The fourth-order valence-corrected chi connectivity index (χ4v) is 6.30. The third-order valence-corrected chi connectivity index (χ3v) is 8.36. The van der Waals surface area contributed by atoms with Crippen LogP contribution in [0.4, 0.5) is 8.78 Å². The van der Waals surface area contributed by atoms with E-state index in [0.29, 0.717) is 25.0 Å². The van der Waals surface area contributed by atoms with E-state index in [4.69, 9.17) is 18.9 Å². The summed E-state index contributed by atoms with van der Waals surface area (Å²) in [6.07, 6.45) is 14.6. The van der Waals surface area contributed by atoms with Crippen molar-refractivity contribution in [3.63, 3.8) is 0 Å². The quantitative estimate of drug-likeness (QED) is 0.389. The van der Waals surface area contributed by atoms with Crippen molar-refractivity contribution in [2.75, 3.05) is 26.4 Å². The Balaban J connectivity index is 1.12. The van der Waals surface area contributed by atoms with Crippen molar-refractivity contribution < 1.29 is 27.7 Å². The first-order valence-electron chi connectivity index (χ1n) is 13.3. The Bertz CT molecular complexity index is 618. The first kappa shape index (κ1) is 25.3. The maximum absolute atomic E-state index is 12.5. The van der Waals surface area contributed by atoms with Crippen LogP contribution < -0.4 is 0 Å². The van der Waals surface area contributed by atoms with Crippen LogP contribution in [0.25, 0.3) is 0 Å². The van der Waals surface area contributed by atoms with Gasteiger partial charge in [0.2, 0.25) is 0 Å². The maximum atomic E-state index is 12.5. The molecule has 188 valence electrons. The van der Waals surface area contributed by atoms with Gasteiger partial charge in [-0.25, -0.2) is 0 Å². The first-order chi connectivity index (χ1) is 16.1. The van der Waals surface area contributed by atoms with Crippen LogP contribution in [0.1, 0.15) is 71.1 Å². The molecule has 6 heteroatoms. The van der Waals surface area contributed by atoms with Crippen LogP contribution in [0.3, 0.4) is 0 Å². The van der Waals surface area contributed by atoms with Crippen molar-refractivity contribution in [1.82, 2.24) is 0 Å². The summed E-state index contributed by atoms with van der Waals surface area (Å²) in [6.45, 7) is 4.91. The summed E-state index contributed by atoms with van der Waals surface area (Å²) in [5.41, 5.74) is 0. The molecular formula is C27H42F2O4. The maximum Gasteiger partial charge on any atom is 0.266 e. The van der Waals surface area contributed by atoms with Gasteiger partial charge in [-0.15, -0.1) is 0 Å². The highest BCUT2D eigenvalue weighted by molar-refractivity contribution is 4.93. The van der Waals surface area contributed by atoms with E-state index in [1.807, 2.05) is 6.08 Å². The molecule has 0 bridgehead atoms. The number of hydrogen-bond donors (Lipinski definition) is 0. The lowest BCUT2D eigenvalue weighted by Gasteiger charge is -2.42. The lowest BCUT2D eigenvalue weighted by Crippen LogP contribution is -2.45. The van der Waals surface area contributed by atoms with Gasteiger partial charge >= 0.3 is 0 Å². The van der Waals surface area contributed by atoms with Gasteiger partial charge in [0, 0.05) is 5.92 Å². The summed E-state index contributed by atoms with van der Waals surface area (Å²) < 4.78 is 48.9. The van der Waals surface area contributed by atoms with E-state index in [1.165, 1.54) is 31.8 Å². The minimum atomic E-state index is -1.51. The molecule has 4 fully saturated rings. The van der Waals surface area contributed by atoms with E-state index in [9.17, 15) is 8.78 Å². The van der Waals surface area contributed by atoms with Crippen LogP contribution >= 0.6 is 0 Å². The third-order valence-electron chi connectivity index (χ3n) is 8.36. The van der Waals surface area contributed by atoms with Gasteiger partial charge in [0.15, 0.2) is 12.6 Å². The lowest BCUT2D eigenvalue weighted by molar-refractivity contribution is -0.276. The van der Waals surface area contributed by atoms with Crippen LogP contribution in [-0.2, 0) is 18.9 Å². The van der Waals surface area contributed by atoms with Gasteiger partial charge in [0.1, 0.15) is 0 Å². The van der Waals surface area contributed by atoms with Crippen molar-refractivity contribution in [2.45, 2.75) is 83.7 Å². The molecule has 33 heavy (non-hydrogen) atoms. The molecule has 0 aromatic rings. The Hall–Kier alpha value is -0.820. The van der Waals surface area contributed by atoms with Crippen LogP contribution in [0, 0.1) is 35.5 Å². The second-order valence-electron chi connectivity index (χ2n) is 10.6. The molecule has 0 aromatic heterocycles. The van der Waals surface area contributed by atoms with Crippen LogP contribution in [0.2, 0.25) is 0 Å². The zero-order valence-electron chi connectivity index (χ0n) is 20.1. The third kappa shape index (κ3) is 7.33. The zero-order valence-corrected chi connectivity index (χ0v) is 20.1. The number of allylic oxidation sites excluding steroid dienone is 2. The zero-order chi connectivity index (χ0) is 23.0. The Morgan fingerprint density at radius 2 is 1.21 bits per heavy atom. The van der Waals surface area contributed by atoms with E-state index >= 15 is 0 Å². The predicted octanol–water partition coefficient (Wildman–Crippen LogP) is 6.71. The largest absolute Gasteiger partial charge is 0.352 e. The standard InChI is InChI=1S/C27H42F2O4/c1-2-3-4-5-26-30-17-24(18-31-26)27-32-15-23(16-33-27)22-12-10-21(11-13-22)20-8-6-19(7-9-20)14-25(28)29/h4-5,14,19-24,26-27H,2-3,6-13,15-18H2,1H3. The molecule has 0 aromatic carbocycles. The van der Waals surface area contributed by atoms with E-state index in [2.05, 4.69) is 13.0 Å². The van der Waals surface area contributed by atoms with Crippen molar-refractivity contribution >= 4 is 0 Å². The number of ether oxygens (including phenoxy) is 4. The van der Waals surface area contributed by atoms with Gasteiger partial charge < -0.3 is 18.9 Å². The van der Waals surface area contributed by atoms with Crippen LogP contribution in [-0.4, -0.2) is 39.0 Å². The van der Waals surface area contributed by atoms with E-state index in [1.54, 1.807) is 0 Å². The van der Waals surface area contributed by atoms with Gasteiger partial charge in [-0.1, -0.05) is 19.4 Å². The van der Waals surface area contributed by atoms with Crippen LogP contribution in [0.5, 0.6) is 0 Å². The fourth-order valence-electron chi connectivity index (χ4n) is 6.30. The predicted molar refractivity (Wildman–Crippen MR) is 124 cm³/mol. The molecule has 4 aliphatic rings. The molecule has 2 heterocycles. The Labute approximate surface area is 198 Å². The van der Waals surface area contributed by atoms with Crippen molar-refractivity contribution in [2.24, 2.45) is 35.5 Å². The summed E-state index contributed by atoms with van der Waals surface area (Å²) in [7, 11) is 0. The summed E-state index contributed by atoms with van der Waals surface area (Å²) in [5, 5.41) is 0. The molecule has 2 aliphatic carbocycles. The topological polar surface area (TPSA) is 36.9 Å². The van der Waals surface area contributed by atoms with Gasteiger partial charge in [-0.05, 0) is 93.6 Å². The van der Waals surface area contributed by atoms with E-state index in [0.717, 1.165) is 63.6 Å². The molecule has 0 N–H and O–H groups in total. The normalized spacial score (nSPS) is 40.6. The molecule has 0 radical (unpaired) electrons. The summed E-state index contributed by atoms with van der Waals surface area (Å²) in [6, 6.07) is 0. The highest BCUT2D eigenvalue weighted by Crippen LogP contribution is 2.44. The Kier molecular flexibility index (Phi) is 9.77. The highest BCUT2D eigenvalue weighted by atomic mass is 19.3. The van der Waals surface area contributed by atoms with Gasteiger partial charge in [0.25, 0.3) is 6.08 Å². The number of hydrogen-bond acceptors (Lipinski definition) is 4. The number of unbranched alkanes of at least 4 members (excludes halogenated alkanes) is 1. The average Bonchev–Trinajstić information content (AvgIpc) is 2.85. The minimum Gasteiger partial charge on any atom is -0.352 e. The molecule has 0 atom stereocenters. The Morgan fingerprint density at radius 3 is 1.76 bits per heavy atom. The monoisotopic (exact) mass is 468 g/mol. The summed E-state index contributed by atoms with van der Waals surface area (Å²) in [5.74, 6) is 2.88. The van der Waals surface area contributed by atoms with Crippen LogP contribution in [0.15, 0.2) is 24.3 Å². The number of rotatable bonds is 7. The van der Waals surface area contributed by atoms with Crippen molar-refractivity contribution in [3.05, 3.63) is 24.3 Å². The summed E-state index contributed by atoms with van der Waals surface area (Å²) >= 11 is 0. The molecule has 0 amide bonds. The molecule has 2 aliphatic heterocycles. The van der Waals surface area contributed by atoms with Gasteiger partial charge in [0.05, 0.1) is 32.3 Å². The van der Waals surface area contributed by atoms with E-state index < -0.39 is 6.08 Å².